The molecule has 90 valence electrons. The average molecular weight is 252 g/mol. The molecule has 0 aliphatic rings. The minimum Gasteiger partial charge on any atom is -0.369 e. The van der Waals surface area contributed by atoms with Gasteiger partial charge in [-0.1, -0.05) is 6.07 Å². The summed E-state index contributed by atoms with van der Waals surface area (Å²) in [5, 5.41) is 2.68. The van der Waals surface area contributed by atoms with E-state index in [9.17, 15) is 17.4 Å². The topological polar surface area (TPSA) is 42.0 Å². The van der Waals surface area contributed by atoms with Gasteiger partial charge < -0.3 is 5.32 Å². The molecule has 0 aromatic carbocycles. The molecular formula is C9H11F3N2OS. The van der Waals surface area contributed by atoms with Crippen molar-refractivity contribution in [1.29, 1.82) is 0 Å². The Balaban J connectivity index is 2.64. The fraction of sp³-hybridized carbons (Fsp3) is 0.444. The van der Waals surface area contributed by atoms with E-state index in [1.165, 1.54) is 18.4 Å². The lowest BCUT2D eigenvalue weighted by Gasteiger charge is -2.08. The van der Waals surface area contributed by atoms with Gasteiger partial charge in [-0.15, -0.1) is 0 Å². The smallest absolute Gasteiger partial charge is 0.369 e. The van der Waals surface area contributed by atoms with Gasteiger partial charge in [0, 0.05) is 29.4 Å². The van der Waals surface area contributed by atoms with Gasteiger partial charge in [-0.05, 0) is 12.1 Å². The Morgan fingerprint density at radius 2 is 2.12 bits per heavy atom. The van der Waals surface area contributed by atoms with Crippen molar-refractivity contribution in [2.24, 2.45) is 0 Å². The number of aromatic nitrogens is 1. The number of nitrogens with one attached hydrogen (secondary N) is 1. The SMILES string of the molecule is CS(=O)CCNc1cccc(C(F)(F)F)n1. The Kier molecular flexibility index (Phi) is 4.28. The first-order valence-corrected chi connectivity index (χ1v) is 6.20. The van der Waals surface area contributed by atoms with Gasteiger partial charge in [0.1, 0.15) is 11.5 Å². The van der Waals surface area contributed by atoms with Crippen LogP contribution in [0.25, 0.3) is 0 Å². The molecule has 3 nitrogen and oxygen atoms in total. The molecule has 1 unspecified atom stereocenters. The molecule has 1 aromatic rings. The number of hydrogen-bond acceptors (Lipinski definition) is 3. The highest BCUT2D eigenvalue weighted by atomic mass is 32.2. The van der Waals surface area contributed by atoms with Crippen LogP contribution in [0.5, 0.6) is 0 Å². The maximum atomic E-state index is 12.3. The van der Waals surface area contributed by atoms with Crippen molar-refractivity contribution in [3.8, 4) is 0 Å². The van der Waals surface area contributed by atoms with E-state index in [0.29, 0.717) is 12.3 Å². The first-order chi connectivity index (χ1) is 7.39. The van der Waals surface area contributed by atoms with E-state index in [1.807, 2.05) is 0 Å². The molecule has 1 atom stereocenters. The maximum Gasteiger partial charge on any atom is 0.433 e. The van der Waals surface area contributed by atoms with E-state index in [1.54, 1.807) is 0 Å². The Morgan fingerprint density at radius 1 is 1.44 bits per heavy atom. The van der Waals surface area contributed by atoms with Gasteiger partial charge in [-0.2, -0.15) is 13.2 Å². The summed E-state index contributed by atoms with van der Waals surface area (Å²) in [6.07, 6.45) is -2.91. The lowest BCUT2D eigenvalue weighted by Crippen LogP contribution is -2.13. The van der Waals surface area contributed by atoms with Crippen LogP contribution in [0.2, 0.25) is 0 Å². The van der Waals surface area contributed by atoms with E-state index >= 15 is 0 Å². The molecule has 0 fully saturated rings. The van der Waals surface area contributed by atoms with Crippen LogP contribution >= 0.6 is 0 Å². The predicted octanol–water partition coefficient (Wildman–Crippen LogP) is 1.89. The third kappa shape index (κ3) is 4.18. The van der Waals surface area contributed by atoms with Crippen molar-refractivity contribution >= 4 is 16.6 Å². The number of hydrogen-bond donors (Lipinski definition) is 1. The fourth-order valence-corrected chi connectivity index (χ4v) is 1.40. The zero-order valence-corrected chi connectivity index (χ0v) is 9.36. The van der Waals surface area contributed by atoms with E-state index in [0.717, 1.165) is 6.07 Å². The van der Waals surface area contributed by atoms with Crippen molar-refractivity contribution in [2.75, 3.05) is 23.9 Å². The number of pyridine rings is 1. The van der Waals surface area contributed by atoms with Gasteiger partial charge in [0.2, 0.25) is 0 Å². The van der Waals surface area contributed by atoms with Crippen molar-refractivity contribution in [3.05, 3.63) is 23.9 Å². The monoisotopic (exact) mass is 252 g/mol. The van der Waals surface area contributed by atoms with Gasteiger partial charge in [0.05, 0.1) is 0 Å². The van der Waals surface area contributed by atoms with Crippen LogP contribution in [0.4, 0.5) is 19.0 Å². The van der Waals surface area contributed by atoms with E-state index < -0.39 is 22.7 Å². The standard InChI is InChI=1S/C9H11F3N2OS/c1-16(15)6-5-13-8-4-2-3-7(14-8)9(10,11)12/h2-4H,5-6H2,1H3,(H,13,14). The summed E-state index contributed by atoms with van der Waals surface area (Å²) in [6.45, 7) is 0.331. The maximum absolute atomic E-state index is 12.3. The quantitative estimate of drug-likeness (QED) is 0.889. The van der Waals surface area contributed by atoms with Crippen LogP contribution in [0.15, 0.2) is 18.2 Å². The number of nitrogens with zero attached hydrogens (tertiary/aromatic N) is 1. The normalized spacial score (nSPS) is 13.5. The predicted molar refractivity (Wildman–Crippen MR) is 56.7 cm³/mol. The molecule has 16 heavy (non-hydrogen) atoms. The molecule has 0 bridgehead atoms. The summed E-state index contributed by atoms with van der Waals surface area (Å²) in [5.41, 5.74) is -0.935. The second-order valence-electron chi connectivity index (χ2n) is 3.11. The third-order valence-electron chi connectivity index (χ3n) is 1.74. The van der Waals surface area contributed by atoms with Gasteiger partial charge >= 0.3 is 6.18 Å². The zero-order chi connectivity index (χ0) is 12.2. The molecule has 1 aromatic heterocycles. The highest BCUT2D eigenvalue weighted by molar-refractivity contribution is 7.84. The molecule has 0 aliphatic heterocycles. The van der Waals surface area contributed by atoms with E-state index in [-0.39, 0.29) is 5.82 Å². The number of alkyl halides is 3. The second kappa shape index (κ2) is 5.29. The molecule has 1 N–H and O–H groups in total. The van der Waals surface area contributed by atoms with Crippen LogP contribution in [0.1, 0.15) is 5.69 Å². The van der Waals surface area contributed by atoms with Crippen LogP contribution in [-0.2, 0) is 17.0 Å². The van der Waals surface area contributed by atoms with Crippen LogP contribution in [0, 0.1) is 0 Å². The van der Waals surface area contributed by atoms with Crippen LogP contribution in [-0.4, -0.2) is 27.7 Å². The lowest BCUT2D eigenvalue weighted by molar-refractivity contribution is -0.141. The number of rotatable bonds is 4. The molecule has 0 spiro atoms. The summed E-state index contributed by atoms with van der Waals surface area (Å²) in [5.74, 6) is 0.512. The average Bonchev–Trinajstić information content (AvgIpc) is 2.16. The van der Waals surface area contributed by atoms with Crippen molar-refractivity contribution in [2.45, 2.75) is 6.18 Å². The van der Waals surface area contributed by atoms with Crippen LogP contribution < -0.4 is 5.32 Å². The Morgan fingerprint density at radius 3 is 2.69 bits per heavy atom. The highest BCUT2D eigenvalue weighted by Crippen LogP contribution is 2.27. The van der Waals surface area contributed by atoms with Gasteiger partial charge in [-0.3, -0.25) is 4.21 Å². The fourth-order valence-electron chi connectivity index (χ4n) is 1.01. The Labute approximate surface area is 93.5 Å². The summed E-state index contributed by atoms with van der Waals surface area (Å²) >= 11 is 0. The molecular weight excluding hydrogens is 241 g/mol. The van der Waals surface area contributed by atoms with Gasteiger partial charge in [0.25, 0.3) is 0 Å². The summed E-state index contributed by atoms with van der Waals surface area (Å²) < 4.78 is 47.6. The number of halogens is 3. The largest absolute Gasteiger partial charge is 0.433 e. The van der Waals surface area contributed by atoms with Crippen molar-refractivity contribution in [1.82, 2.24) is 4.98 Å². The molecule has 0 radical (unpaired) electrons. The number of anilines is 1. The molecule has 7 heteroatoms. The zero-order valence-electron chi connectivity index (χ0n) is 8.54. The Bertz CT molecular complexity index is 381. The minimum atomic E-state index is -4.44. The van der Waals surface area contributed by atoms with E-state index in [2.05, 4.69) is 10.3 Å². The first kappa shape index (κ1) is 13.0. The highest BCUT2D eigenvalue weighted by Gasteiger charge is 2.32. The third-order valence-corrected chi connectivity index (χ3v) is 2.51. The second-order valence-corrected chi connectivity index (χ2v) is 4.66. The molecule has 0 saturated heterocycles. The first-order valence-electron chi connectivity index (χ1n) is 4.48. The summed E-state index contributed by atoms with van der Waals surface area (Å²) in [4.78, 5) is 3.41. The Hall–Kier alpha value is -1.11. The van der Waals surface area contributed by atoms with Crippen molar-refractivity contribution < 1.29 is 17.4 Å². The van der Waals surface area contributed by atoms with Crippen LogP contribution in [0.3, 0.4) is 0 Å². The lowest BCUT2D eigenvalue weighted by atomic mass is 10.3. The molecule has 0 saturated carbocycles. The van der Waals surface area contributed by atoms with Gasteiger partial charge in [0.15, 0.2) is 0 Å². The van der Waals surface area contributed by atoms with Gasteiger partial charge in [-0.25, -0.2) is 4.98 Å². The molecule has 0 amide bonds. The summed E-state index contributed by atoms with van der Waals surface area (Å²) in [6, 6.07) is 3.62. The minimum absolute atomic E-state index is 0.139. The summed E-state index contributed by atoms with van der Waals surface area (Å²) in [7, 11) is -0.974. The molecule has 1 rings (SSSR count). The molecule has 0 aliphatic carbocycles. The molecule has 1 heterocycles. The van der Waals surface area contributed by atoms with Crippen molar-refractivity contribution in [3.63, 3.8) is 0 Å². The van der Waals surface area contributed by atoms with E-state index in [4.69, 9.17) is 0 Å².